The Kier molecular flexibility index (Phi) is 8.94. The standard InChI is InChI=1S/C16H19NO.C13H19NO2/c1-2-4-15-11-13(5-6-14(15)3-1)12-18-16-7-9-17-10-8-16;1-9-4-3-5-12(10(9)2)16-13-6-7-14-8-11(13)15/h1-6,11,16-17H,7-10,12H2;3-5,11,13-15H,6-8H2,1-2H3/t;11-,13+/m.1/s1. The van der Waals surface area contributed by atoms with Gasteiger partial charge in [0.25, 0.3) is 0 Å². The van der Waals surface area contributed by atoms with Crippen LogP contribution in [-0.4, -0.2) is 49.6 Å². The number of fused-ring (bicyclic) bond motifs is 1. The first-order valence-electron chi connectivity index (χ1n) is 12.5. The largest absolute Gasteiger partial charge is 0.487 e. The molecule has 2 aliphatic rings. The van der Waals surface area contributed by atoms with Gasteiger partial charge in [0.05, 0.1) is 12.7 Å². The van der Waals surface area contributed by atoms with Crippen molar-refractivity contribution in [3.63, 3.8) is 0 Å². The molecule has 2 atom stereocenters. The molecule has 0 saturated carbocycles. The lowest BCUT2D eigenvalue weighted by atomic mass is 10.1. The molecule has 5 rings (SSSR count). The summed E-state index contributed by atoms with van der Waals surface area (Å²) in [5.41, 5.74) is 3.65. The van der Waals surface area contributed by atoms with Gasteiger partial charge in [0.2, 0.25) is 0 Å². The molecule has 5 heteroatoms. The molecule has 3 aromatic carbocycles. The van der Waals surface area contributed by atoms with Crippen molar-refractivity contribution in [1.29, 1.82) is 0 Å². The number of aliphatic hydroxyl groups excluding tert-OH is 1. The number of aryl methyl sites for hydroxylation is 1. The number of benzene rings is 3. The van der Waals surface area contributed by atoms with Crippen LogP contribution in [0.25, 0.3) is 10.8 Å². The van der Waals surface area contributed by atoms with Crippen molar-refractivity contribution in [2.75, 3.05) is 26.2 Å². The molecule has 2 heterocycles. The summed E-state index contributed by atoms with van der Waals surface area (Å²) in [6, 6.07) is 21.1. The summed E-state index contributed by atoms with van der Waals surface area (Å²) < 4.78 is 11.9. The van der Waals surface area contributed by atoms with Crippen LogP contribution < -0.4 is 15.4 Å². The second-order valence-corrected chi connectivity index (χ2v) is 9.36. The van der Waals surface area contributed by atoms with Crippen LogP contribution in [-0.2, 0) is 11.3 Å². The average molecular weight is 463 g/mol. The molecule has 0 radical (unpaired) electrons. The lowest BCUT2D eigenvalue weighted by Crippen LogP contribution is -2.46. The molecule has 5 nitrogen and oxygen atoms in total. The summed E-state index contributed by atoms with van der Waals surface area (Å²) in [7, 11) is 0. The highest BCUT2D eigenvalue weighted by Gasteiger charge is 2.24. The molecule has 0 unspecified atom stereocenters. The van der Waals surface area contributed by atoms with Gasteiger partial charge in [-0.2, -0.15) is 0 Å². The number of hydrogen-bond acceptors (Lipinski definition) is 5. The molecule has 0 aromatic heterocycles. The summed E-state index contributed by atoms with van der Waals surface area (Å²) in [5.74, 6) is 0.894. The summed E-state index contributed by atoms with van der Waals surface area (Å²) in [4.78, 5) is 0. The van der Waals surface area contributed by atoms with Crippen LogP contribution in [0.1, 0.15) is 36.0 Å². The molecule has 2 saturated heterocycles. The Morgan fingerprint density at radius 3 is 2.41 bits per heavy atom. The van der Waals surface area contributed by atoms with E-state index in [0.29, 0.717) is 12.6 Å². The lowest BCUT2D eigenvalue weighted by Gasteiger charge is -2.29. The fraction of sp³-hybridized carbons (Fsp3) is 0.448. The maximum Gasteiger partial charge on any atom is 0.127 e. The maximum atomic E-state index is 9.80. The molecule has 34 heavy (non-hydrogen) atoms. The van der Waals surface area contributed by atoms with E-state index in [4.69, 9.17) is 9.47 Å². The first-order chi connectivity index (χ1) is 16.6. The zero-order chi connectivity index (χ0) is 23.8. The zero-order valence-electron chi connectivity index (χ0n) is 20.4. The van der Waals surface area contributed by atoms with Crippen LogP contribution in [0.4, 0.5) is 0 Å². The minimum Gasteiger partial charge on any atom is -0.487 e. The third-order valence-corrected chi connectivity index (χ3v) is 6.81. The van der Waals surface area contributed by atoms with E-state index < -0.39 is 6.10 Å². The molecular weight excluding hydrogens is 424 g/mol. The van der Waals surface area contributed by atoms with Crippen molar-refractivity contribution >= 4 is 10.8 Å². The number of β-amino-alcohol motifs (C(OH)–C–C–N with tert-alkyl or cyclic N) is 1. The first kappa shape index (κ1) is 24.7. The molecule has 0 aliphatic carbocycles. The predicted octanol–water partition coefficient (Wildman–Crippen LogP) is 4.51. The van der Waals surface area contributed by atoms with Crippen molar-refractivity contribution in [1.82, 2.24) is 10.6 Å². The van der Waals surface area contributed by atoms with E-state index in [9.17, 15) is 5.11 Å². The minimum atomic E-state index is -0.409. The summed E-state index contributed by atoms with van der Waals surface area (Å²) in [5, 5.41) is 18.9. The normalized spacial score (nSPS) is 21.0. The average Bonchev–Trinajstić information content (AvgIpc) is 2.88. The smallest absolute Gasteiger partial charge is 0.127 e. The molecule has 3 aromatic rings. The second kappa shape index (κ2) is 12.3. The molecule has 2 aliphatic heterocycles. The number of hydrogen-bond donors (Lipinski definition) is 3. The van der Waals surface area contributed by atoms with Gasteiger partial charge in [-0.3, -0.25) is 0 Å². The van der Waals surface area contributed by atoms with Crippen LogP contribution in [0.3, 0.4) is 0 Å². The van der Waals surface area contributed by atoms with Gasteiger partial charge < -0.3 is 25.2 Å². The zero-order valence-corrected chi connectivity index (χ0v) is 20.4. The number of nitrogens with one attached hydrogen (secondary N) is 2. The van der Waals surface area contributed by atoms with Gasteiger partial charge in [-0.25, -0.2) is 0 Å². The predicted molar refractivity (Wildman–Crippen MR) is 138 cm³/mol. The van der Waals surface area contributed by atoms with Crippen LogP contribution >= 0.6 is 0 Å². The SMILES string of the molecule is Cc1cccc(O[C@H]2CCNC[C@H]2O)c1C.c1ccc2cc(COC3CCNCC3)ccc2c1. The highest BCUT2D eigenvalue weighted by molar-refractivity contribution is 5.82. The third kappa shape index (κ3) is 6.80. The molecular formula is C29H38N2O3. The van der Waals surface area contributed by atoms with Crippen LogP contribution in [0.15, 0.2) is 60.7 Å². The fourth-order valence-corrected chi connectivity index (χ4v) is 4.48. The van der Waals surface area contributed by atoms with Gasteiger partial charge in [0.1, 0.15) is 18.0 Å². The van der Waals surface area contributed by atoms with E-state index >= 15 is 0 Å². The Bertz CT molecular complexity index is 1050. The Hall–Kier alpha value is -2.44. The van der Waals surface area contributed by atoms with E-state index in [1.54, 1.807) is 0 Å². The quantitative estimate of drug-likeness (QED) is 0.521. The van der Waals surface area contributed by atoms with E-state index in [1.807, 2.05) is 12.1 Å². The minimum absolute atomic E-state index is 0.0817. The third-order valence-electron chi connectivity index (χ3n) is 6.81. The Morgan fingerprint density at radius 2 is 1.62 bits per heavy atom. The second-order valence-electron chi connectivity index (χ2n) is 9.36. The van der Waals surface area contributed by atoms with Crippen LogP contribution in [0.2, 0.25) is 0 Å². The molecule has 2 fully saturated rings. The highest BCUT2D eigenvalue weighted by Crippen LogP contribution is 2.24. The van der Waals surface area contributed by atoms with Gasteiger partial charge >= 0.3 is 0 Å². The van der Waals surface area contributed by atoms with Gasteiger partial charge in [-0.05, 0) is 92.3 Å². The Morgan fingerprint density at radius 1 is 0.853 bits per heavy atom. The van der Waals surface area contributed by atoms with Crippen molar-refractivity contribution in [3.05, 3.63) is 77.4 Å². The number of aliphatic hydroxyl groups is 1. The van der Waals surface area contributed by atoms with Crippen molar-refractivity contribution in [3.8, 4) is 5.75 Å². The van der Waals surface area contributed by atoms with Crippen LogP contribution in [0.5, 0.6) is 5.75 Å². The maximum absolute atomic E-state index is 9.80. The van der Waals surface area contributed by atoms with E-state index in [0.717, 1.165) is 56.8 Å². The Balaban J connectivity index is 0.000000162. The summed E-state index contributed by atoms with van der Waals surface area (Å²) in [6.07, 6.45) is 3.06. The highest BCUT2D eigenvalue weighted by atomic mass is 16.5. The fourth-order valence-electron chi connectivity index (χ4n) is 4.48. The molecule has 182 valence electrons. The van der Waals surface area contributed by atoms with Crippen molar-refractivity contribution < 1.29 is 14.6 Å². The van der Waals surface area contributed by atoms with Gasteiger partial charge in [0, 0.05) is 6.54 Å². The molecule has 0 bridgehead atoms. The number of rotatable bonds is 5. The summed E-state index contributed by atoms with van der Waals surface area (Å²) >= 11 is 0. The number of ether oxygens (including phenoxy) is 2. The van der Waals surface area contributed by atoms with E-state index in [2.05, 4.69) is 73.0 Å². The van der Waals surface area contributed by atoms with Gasteiger partial charge in [0.15, 0.2) is 0 Å². The van der Waals surface area contributed by atoms with Gasteiger partial charge in [-0.1, -0.05) is 48.5 Å². The van der Waals surface area contributed by atoms with Crippen molar-refractivity contribution in [2.24, 2.45) is 0 Å². The molecule has 0 amide bonds. The molecule has 0 spiro atoms. The Labute approximate surface area is 203 Å². The topological polar surface area (TPSA) is 62.8 Å². The number of piperidine rings is 2. The van der Waals surface area contributed by atoms with E-state index in [-0.39, 0.29) is 6.10 Å². The lowest BCUT2D eigenvalue weighted by molar-refractivity contribution is 0.0159. The summed E-state index contributed by atoms with van der Waals surface area (Å²) in [6.45, 7) is 8.56. The van der Waals surface area contributed by atoms with Crippen molar-refractivity contribution in [2.45, 2.75) is 58.0 Å². The monoisotopic (exact) mass is 462 g/mol. The molecule has 3 N–H and O–H groups in total. The van der Waals surface area contributed by atoms with Crippen LogP contribution in [0, 0.1) is 13.8 Å². The first-order valence-corrected chi connectivity index (χ1v) is 12.5. The van der Waals surface area contributed by atoms with Gasteiger partial charge in [-0.15, -0.1) is 0 Å². The van der Waals surface area contributed by atoms with E-state index in [1.165, 1.54) is 21.9 Å².